The lowest BCUT2D eigenvalue weighted by atomic mass is 9.92. The van der Waals surface area contributed by atoms with Gasteiger partial charge in [0.05, 0.1) is 0 Å². The van der Waals surface area contributed by atoms with Crippen LogP contribution >= 0.6 is 0 Å². The van der Waals surface area contributed by atoms with Crippen LogP contribution in [-0.2, 0) is 6.42 Å². The van der Waals surface area contributed by atoms with Crippen LogP contribution in [0.3, 0.4) is 0 Å². The first-order valence-corrected chi connectivity index (χ1v) is 11.5. The molecule has 0 aliphatic carbocycles. The van der Waals surface area contributed by atoms with E-state index in [0.717, 1.165) is 29.7 Å². The summed E-state index contributed by atoms with van der Waals surface area (Å²) in [6.45, 7) is 29.2. The van der Waals surface area contributed by atoms with Crippen molar-refractivity contribution in [1.82, 2.24) is 5.32 Å². The van der Waals surface area contributed by atoms with Gasteiger partial charge in [-0.3, -0.25) is 0 Å². The van der Waals surface area contributed by atoms with Crippen molar-refractivity contribution in [1.29, 1.82) is 0 Å². The maximum atomic E-state index is 4.36. The first kappa shape index (κ1) is 26.5. The predicted molar refractivity (Wildman–Crippen MR) is 142 cm³/mol. The summed E-state index contributed by atoms with van der Waals surface area (Å²) >= 11 is 0. The Morgan fingerprint density at radius 2 is 1.68 bits per heavy atom. The Kier molecular flexibility index (Phi) is 11.1. The zero-order valence-electron chi connectivity index (χ0n) is 20.8. The van der Waals surface area contributed by atoms with Gasteiger partial charge >= 0.3 is 0 Å². The average Bonchev–Trinajstić information content (AvgIpc) is 2.75. The normalized spacial score (nSPS) is 14.3. The number of aryl methyl sites for hydroxylation is 1. The molecule has 168 valence electrons. The number of rotatable bonds is 13. The van der Waals surface area contributed by atoms with E-state index in [2.05, 4.69) is 97.5 Å². The van der Waals surface area contributed by atoms with Crippen molar-refractivity contribution in [2.45, 2.75) is 73.3 Å². The molecule has 1 aromatic rings. The lowest BCUT2D eigenvalue weighted by Gasteiger charge is -2.21. The number of allylic oxidation sites excluding steroid dienone is 6. The Bertz CT molecular complexity index is 862. The van der Waals surface area contributed by atoms with Gasteiger partial charge in [0.1, 0.15) is 0 Å². The van der Waals surface area contributed by atoms with E-state index in [1.807, 2.05) is 12.2 Å². The molecule has 0 spiro atoms. The second-order valence-electron chi connectivity index (χ2n) is 8.84. The molecule has 1 aromatic carbocycles. The minimum absolute atomic E-state index is 0.190. The monoisotopic (exact) mass is 417 g/mol. The van der Waals surface area contributed by atoms with E-state index in [-0.39, 0.29) is 6.04 Å². The molecule has 0 aliphatic heterocycles. The van der Waals surface area contributed by atoms with Crippen molar-refractivity contribution < 1.29 is 0 Å². The van der Waals surface area contributed by atoms with Crippen molar-refractivity contribution in [2.24, 2.45) is 5.92 Å². The lowest BCUT2D eigenvalue weighted by Crippen LogP contribution is -2.26. The van der Waals surface area contributed by atoms with Gasteiger partial charge < -0.3 is 5.32 Å². The summed E-state index contributed by atoms with van der Waals surface area (Å²) in [7, 11) is 0. The highest BCUT2D eigenvalue weighted by Gasteiger charge is 2.12. The van der Waals surface area contributed by atoms with E-state index in [4.69, 9.17) is 0 Å². The topological polar surface area (TPSA) is 12.0 Å². The second kappa shape index (κ2) is 13.0. The van der Waals surface area contributed by atoms with E-state index in [1.165, 1.54) is 40.7 Å². The van der Waals surface area contributed by atoms with E-state index in [0.29, 0.717) is 5.92 Å². The minimum atomic E-state index is 0.190. The summed E-state index contributed by atoms with van der Waals surface area (Å²) < 4.78 is 0. The van der Waals surface area contributed by atoms with Crippen molar-refractivity contribution >= 4 is 11.3 Å². The summed E-state index contributed by atoms with van der Waals surface area (Å²) in [4.78, 5) is 0. The SMILES string of the molecule is C=CCC(CC)CCc1cc(C(=C)C)cc(C(=C)NC(C)/C(C)=C(C)/C=C(/C)C=C)c1. The van der Waals surface area contributed by atoms with Crippen LogP contribution in [0.4, 0.5) is 0 Å². The Hall–Kier alpha value is -2.54. The molecule has 1 N–H and O–H groups in total. The Morgan fingerprint density at radius 1 is 1.03 bits per heavy atom. The molecule has 2 atom stereocenters. The average molecular weight is 418 g/mol. The highest BCUT2D eigenvalue weighted by molar-refractivity contribution is 5.70. The number of nitrogens with one attached hydrogen (secondary N) is 1. The third-order valence-electron chi connectivity index (χ3n) is 6.18. The lowest BCUT2D eigenvalue weighted by molar-refractivity contribution is 0.477. The van der Waals surface area contributed by atoms with Gasteiger partial charge in [-0.2, -0.15) is 0 Å². The van der Waals surface area contributed by atoms with E-state index in [9.17, 15) is 0 Å². The summed E-state index contributed by atoms with van der Waals surface area (Å²) in [6.07, 6.45) is 10.6. The zero-order chi connectivity index (χ0) is 23.6. The number of benzene rings is 1. The molecule has 0 aromatic heterocycles. The standard InChI is InChI=1S/C30H43N/c1-11-14-27(13-3)15-16-28-18-29(21(4)5)20-30(19-28)26(10)31-25(9)24(8)23(7)17-22(6)12-2/h11-12,17-20,25,27,31H,1-2,4,10,13-16H2,3,5-9H3/b22-17-,24-23+. The van der Waals surface area contributed by atoms with Crippen LogP contribution in [0.1, 0.15) is 77.5 Å². The van der Waals surface area contributed by atoms with Gasteiger partial charge in [-0.15, -0.1) is 6.58 Å². The zero-order valence-corrected chi connectivity index (χ0v) is 20.8. The molecule has 2 unspecified atom stereocenters. The van der Waals surface area contributed by atoms with Gasteiger partial charge in [0.25, 0.3) is 0 Å². The van der Waals surface area contributed by atoms with Crippen LogP contribution < -0.4 is 5.32 Å². The van der Waals surface area contributed by atoms with E-state index < -0.39 is 0 Å². The third-order valence-corrected chi connectivity index (χ3v) is 6.18. The van der Waals surface area contributed by atoms with Crippen molar-refractivity contribution in [3.8, 4) is 0 Å². The molecule has 1 rings (SSSR count). The fourth-order valence-electron chi connectivity index (χ4n) is 3.66. The van der Waals surface area contributed by atoms with Crippen LogP contribution in [0.15, 0.2) is 79.5 Å². The highest BCUT2D eigenvalue weighted by atomic mass is 14.9. The first-order chi connectivity index (χ1) is 14.6. The van der Waals surface area contributed by atoms with Gasteiger partial charge in [0.15, 0.2) is 0 Å². The molecular weight excluding hydrogens is 374 g/mol. The van der Waals surface area contributed by atoms with Crippen LogP contribution in [0.5, 0.6) is 0 Å². The van der Waals surface area contributed by atoms with E-state index >= 15 is 0 Å². The Labute approximate surface area is 192 Å². The molecule has 31 heavy (non-hydrogen) atoms. The molecule has 0 aliphatic rings. The molecule has 0 heterocycles. The summed E-state index contributed by atoms with van der Waals surface area (Å²) in [5, 5.41) is 3.61. The van der Waals surface area contributed by atoms with Crippen LogP contribution in [0.2, 0.25) is 0 Å². The van der Waals surface area contributed by atoms with Gasteiger partial charge in [-0.05, 0) is 99.8 Å². The molecular formula is C30H43N. The molecule has 0 radical (unpaired) electrons. The number of hydrogen-bond acceptors (Lipinski definition) is 1. The summed E-state index contributed by atoms with van der Waals surface area (Å²) in [6, 6.07) is 6.95. The largest absolute Gasteiger partial charge is 0.379 e. The third kappa shape index (κ3) is 8.61. The predicted octanol–water partition coefficient (Wildman–Crippen LogP) is 8.67. The minimum Gasteiger partial charge on any atom is -0.379 e. The molecule has 1 nitrogen and oxygen atoms in total. The quantitative estimate of drug-likeness (QED) is 0.250. The molecule has 0 bridgehead atoms. The van der Waals surface area contributed by atoms with Crippen LogP contribution in [0.25, 0.3) is 11.3 Å². The second-order valence-corrected chi connectivity index (χ2v) is 8.84. The van der Waals surface area contributed by atoms with Crippen molar-refractivity contribution in [3.63, 3.8) is 0 Å². The van der Waals surface area contributed by atoms with Gasteiger partial charge in [0, 0.05) is 11.7 Å². The molecule has 1 heteroatoms. The number of hydrogen-bond donors (Lipinski definition) is 1. The fraction of sp³-hybridized carbons (Fsp3) is 0.400. The Morgan fingerprint density at radius 3 is 2.23 bits per heavy atom. The van der Waals surface area contributed by atoms with Crippen LogP contribution in [-0.4, -0.2) is 6.04 Å². The molecule has 0 saturated carbocycles. The van der Waals surface area contributed by atoms with Gasteiger partial charge in [0.2, 0.25) is 0 Å². The van der Waals surface area contributed by atoms with Crippen LogP contribution in [0, 0.1) is 5.92 Å². The molecule has 0 saturated heterocycles. The summed E-state index contributed by atoms with van der Waals surface area (Å²) in [5.74, 6) is 0.693. The van der Waals surface area contributed by atoms with Crippen molar-refractivity contribution in [2.75, 3.05) is 0 Å². The van der Waals surface area contributed by atoms with E-state index in [1.54, 1.807) is 0 Å². The first-order valence-electron chi connectivity index (χ1n) is 11.5. The smallest absolute Gasteiger partial charge is 0.0448 e. The highest BCUT2D eigenvalue weighted by Crippen LogP contribution is 2.24. The fourth-order valence-corrected chi connectivity index (χ4v) is 3.66. The molecule has 0 amide bonds. The Balaban J connectivity index is 3.08. The van der Waals surface area contributed by atoms with Gasteiger partial charge in [-0.1, -0.05) is 68.5 Å². The maximum absolute atomic E-state index is 4.36. The summed E-state index contributed by atoms with van der Waals surface area (Å²) in [5.41, 5.74) is 9.44. The van der Waals surface area contributed by atoms with Gasteiger partial charge in [-0.25, -0.2) is 0 Å². The van der Waals surface area contributed by atoms with Crippen molar-refractivity contribution in [3.05, 3.63) is 96.2 Å². The maximum Gasteiger partial charge on any atom is 0.0448 e. The molecule has 0 fully saturated rings.